The first-order valence-corrected chi connectivity index (χ1v) is 6.22. The summed E-state index contributed by atoms with van der Waals surface area (Å²) in [7, 11) is 3.69. The molecule has 1 aromatic carbocycles. The third-order valence-corrected chi connectivity index (χ3v) is 3.06. The highest BCUT2D eigenvalue weighted by molar-refractivity contribution is 5.48. The molecule has 100 valence electrons. The van der Waals surface area contributed by atoms with E-state index in [0.717, 1.165) is 23.4 Å². The summed E-state index contributed by atoms with van der Waals surface area (Å²) >= 11 is 0. The van der Waals surface area contributed by atoms with Crippen LogP contribution in [0.4, 0.5) is 5.69 Å². The van der Waals surface area contributed by atoms with Gasteiger partial charge in [-0.05, 0) is 23.8 Å². The molecule has 0 radical (unpaired) electrons. The van der Waals surface area contributed by atoms with Crippen molar-refractivity contribution in [3.63, 3.8) is 0 Å². The fraction of sp³-hybridized carbons (Fsp3) is 0.267. The Kier molecular flexibility index (Phi) is 4.36. The van der Waals surface area contributed by atoms with E-state index >= 15 is 0 Å². The zero-order chi connectivity index (χ0) is 13.7. The van der Waals surface area contributed by atoms with E-state index in [2.05, 4.69) is 22.0 Å². The molecule has 0 spiro atoms. The second-order valence-electron chi connectivity index (χ2n) is 4.40. The monoisotopic (exact) mass is 257 g/mol. The number of ether oxygens (including phenoxy) is 1. The van der Waals surface area contributed by atoms with Crippen LogP contribution in [0.2, 0.25) is 0 Å². The van der Waals surface area contributed by atoms with Gasteiger partial charge < -0.3 is 15.4 Å². The van der Waals surface area contributed by atoms with E-state index in [1.165, 1.54) is 0 Å². The lowest BCUT2D eigenvalue weighted by molar-refractivity contribution is 0.392. The van der Waals surface area contributed by atoms with Gasteiger partial charge >= 0.3 is 0 Å². The molecule has 2 rings (SSSR count). The summed E-state index contributed by atoms with van der Waals surface area (Å²) in [6.45, 7) is 1.32. The van der Waals surface area contributed by atoms with Gasteiger partial charge in [-0.3, -0.25) is 0 Å². The van der Waals surface area contributed by atoms with Crippen LogP contribution in [0.25, 0.3) is 0 Å². The number of hydrogen-bond acceptors (Lipinski definition) is 4. The average molecular weight is 257 g/mol. The van der Waals surface area contributed by atoms with Crippen LogP contribution in [0.5, 0.6) is 5.88 Å². The predicted molar refractivity (Wildman–Crippen MR) is 77.2 cm³/mol. The van der Waals surface area contributed by atoms with Crippen molar-refractivity contribution in [3.05, 3.63) is 53.7 Å². The molecule has 0 unspecified atom stereocenters. The standard InChI is InChI=1S/C15H19N3O/c1-18(14-7-5-12(10-16)6-8-14)11-13-4-3-9-17-15(13)19-2/h3-9H,10-11,16H2,1-2H3. The Morgan fingerprint density at radius 1 is 1.21 bits per heavy atom. The topological polar surface area (TPSA) is 51.4 Å². The summed E-state index contributed by atoms with van der Waals surface area (Å²) in [6, 6.07) is 12.2. The van der Waals surface area contributed by atoms with E-state index in [4.69, 9.17) is 10.5 Å². The van der Waals surface area contributed by atoms with Crippen molar-refractivity contribution < 1.29 is 4.74 Å². The summed E-state index contributed by atoms with van der Waals surface area (Å²) in [5, 5.41) is 0. The molecule has 0 aliphatic rings. The van der Waals surface area contributed by atoms with Gasteiger partial charge in [-0.25, -0.2) is 4.98 Å². The second kappa shape index (κ2) is 6.20. The number of benzene rings is 1. The lowest BCUT2D eigenvalue weighted by Gasteiger charge is -2.20. The summed E-state index contributed by atoms with van der Waals surface area (Å²) in [5.41, 5.74) is 8.94. The maximum atomic E-state index is 5.60. The Balaban J connectivity index is 2.13. The summed E-state index contributed by atoms with van der Waals surface area (Å²) < 4.78 is 5.26. The molecule has 0 saturated carbocycles. The maximum Gasteiger partial charge on any atom is 0.218 e. The number of pyridine rings is 1. The molecule has 0 atom stereocenters. The molecule has 4 heteroatoms. The van der Waals surface area contributed by atoms with Crippen LogP contribution in [0.15, 0.2) is 42.6 Å². The number of methoxy groups -OCH3 is 1. The van der Waals surface area contributed by atoms with Crippen molar-refractivity contribution in [2.24, 2.45) is 5.73 Å². The van der Waals surface area contributed by atoms with Gasteiger partial charge in [-0.15, -0.1) is 0 Å². The summed E-state index contributed by atoms with van der Waals surface area (Å²) in [5.74, 6) is 0.674. The molecule has 0 bridgehead atoms. The highest BCUT2D eigenvalue weighted by Crippen LogP contribution is 2.20. The van der Waals surface area contributed by atoms with E-state index in [0.29, 0.717) is 12.4 Å². The van der Waals surface area contributed by atoms with Crippen molar-refractivity contribution in [2.45, 2.75) is 13.1 Å². The SMILES string of the molecule is COc1ncccc1CN(C)c1ccc(CN)cc1. The molecule has 0 aliphatic heterocycles. The largest absolute Gasteiger partial charge is 0.481 e. The molecule has 1 aromatic heterocycles. The third-order valence-electron chi connectivity index (χ3n) is 3.06. The molecule has 0 aliphatic carbocycles. The molecular weight excluding hydrogens is 238 g/mol. The molecular formula is C15H19N3O. The number of aromatic nitrogens is 1. The van der Waals surface area contributed by atoms with Crippen LogP contribution >= 0.6 is 0 Å². The van der Waals surface area contributed by atoms with Crippen LogP contribution in [0, 0.1) is 0 Å². The Hall–Kier alpha value is -2.07. The quantitative estimate of drug-likeness (QED) is 0.892. The first-order chi connectivity index (χ1) is 9.24. The zero-order valence-electron chi connectivity index (χ0n) is 11.3. The van der Waals surface area contributed by atoms with Crippen LogP contribution in [-0.2, 0) is 13.1 Å². The van der Waals surface area contributed by atoms with E-state index in [1.54, 1.807) is 13.3 Å². The van der Waals surface area contributed by atoms with E-state index in [-0.39, 0.29) is 0 Å². The van der Waals surface area contributed by atoms with E-state index < -0.39 is 0 Å². The van der Waals surface area contributed by atoms with Gasteiger partial charge in [0.15, 0.2) is 0 Å². The minimum Gasteiger partial charge on any atom is -0.481 e. The van der Waals surface area contributed by atoms with Crippen molar-refractivity contribution in [1.82, 2.24) is 4.98 Å². The van der Waals surface area contributed by atoms with E-state index in [1.807, 2.05) is 31.3 Å². The first-order valence-electron chi connectivity index (χ1n) is 6.22. The number of rotatable bonds is 5. The highest BCUT2D eigenvalue weighted by Gasteiger charge is 2.07. The molecule has 0 saturated heterocycles. The fourth-order valence-electron chi connectivity index (χ4n) is 1.96. The smallest absolute Gasteiger partial charge is 0.218 e. The molecule has 0 amide bonds. The van der Waals surface area contributed by atoms with Crippen LogP contribution in [0.1, 0.15) is 11.1 Å². The summed E-state index contributed by atoms with van der Waals surface area (Å²) in [6.07, 6.45) is 1.73. The van der Waals surface area contributed by atoms with Crippen molar-refractivity contribution in [1.29, 1.82) is 0 Å². The van der Waals surface area contributed by atoms with Gasteiger partial charge in [0.05, 0.1) is 7.11 Å². The lowest BCUT2D eigenvalue weighted by atomic mass is 10.2. The van der Waals surface area contributed by atoms with Gasteiger partial charge in [0.1, 0.15) is 0 Å². The second-order valence-corrected chi connectivity index (χ2v) is 4.40. The lowest BCUT2D eigenvalue weighted by Crippen LogP contribution is -2.17. The third kappa shape index (κ3) is 3.23. The molecule has 19 heavy (non-hydrogen) atoms. The Labute approximate surface area is 113 Å². The molecule has 0 fully saturated rings. The molecule has 4 nitrogen and oxygen atoms in total. The predicted octanol–water partition coefficient (Wildman–Crippen LogP) is 2.19. The van der Waals surface area contributed by atoms with Crippen LogP contribution in [-0.4, -0.2) is 19.1 Å². The number of nitrogens with two attached hydrogens (primary N) is 1. The number of nitrogens with zero attached hydrogens (tertiary/aromatic N) is 2. The van der Waals surface area contributed by atoms with Crippen LogP contribution in [0.3, 0.4) is 0 Å². The van der Waals surface area contributed by atoms with Crippen molar-refractivity contribution >= 4 is 5.69 Å². The molecule has 2 N–H and O–H groups in total. The maximum absolute atomic E-state index is 5.60. The Morgan fingerprint density at radius 2 is 1.95 bits per heavy atom. The zero-order valence-corrected chi connectivity index (χ0v) is 11.3. The van der Waals surface area contributed by atoms with E-state index in [9.17, 15) is 0 Å². The average Bonchev–Trinajstić information content (AvgIpc) is 2.48. The van der Waals surface area contributed by atoms with Gasteiger partial charge in [-0.2, -0.15) is 0 Å². The van der Waals surface area contributed by atoms with Gasteiger partial charge in [0.25, 0.3) is 0 Å². The van der Waals surface area contributed by atoms with Crippen molar-refractivity contribution in [3.8, 4) is 5.88 Å². The van der Waals surface area contributed by atoms with Gasteiger partial charge in [0, 0.05) is 37.6 Å². The highest BCUT2D eigenvalue weighted by atomic mass is 16.5. The van der Waals surface area contributed by atoms with Crippen LogP contribution < -0.4 is 15.4 Å². The number of anilines is 1. The van der Waals surface area contributed by atoms with Gasteiger partial charge in [-0.1, -0.05) is 18.2 Å². The fourth-order valence-corrected chi connectivity index (χ4v) is 1.96. The minimum absolute atomic E-state index is 0.570. The summed E-state index contributed by atoms with van der Waals surface area (Å²) in [4.78, 5) is 6.36. The minimum atomic E-state index is 0.570. The Morgan fingerprint density at radius 3 is 2.58 bits per heavy atom. The first kappa shape index (κ1) is 13.4. The Bertz CT molecular complexity index is 525. The van der Waals surface area contributed by atoms with Gasteiger partial charge in [0.2, 0.25) is 5.88 Å². The normalized spacial score (nSPS) is 10.3. The van der Waals surface area contributed by atoms with Crippen molar-refractivity contribution in [2.75, 3.05) is 19.1 Å². The number of hydrogen-bond donors (Lipinski definition) is 1. The molecule has 2 aromatic rings. The molecule has 1 heterocycles.